The summed E-state index contributed by atoms with van der Waals surface area (Å²) in [6.07, 6.45) is 0. The van der Waals surface area contributed by atoms with Crippen molar-refractivity contribution >= 4 is 82.4 Å². The molecule has 12 aromatic rings. The van der Waals surface area contributed by atoms with Gasteiger partial charge < -0.3 is 13.9 Å². The van der Waals surface area contributed by atoms with E-state index >= 15 is 0 Å². The molecule has 0 atom stereocenters. The highest BCUT2D eigenvalue weighted by molar-refractivity contribution is 6.12. The van der Waals surface area contributed by atoms with Crippen molar-refractivity contribution in [3.05, 3.63) is 218 Å². The van der Waals surface area contributed by atoms with Crippen LogP contribution in [0.3, 0.4) is 0 Å². The van der Waals surface area contributed by atoms with Crippen LogP contribution in [0, 0.1) is 0 Å². The monoisotopic (exact) mass is 752 g/mol. The molecule has 3 nitrogen and oxygen atoms in total. The summed E-state index contributed by atoms with van der Waals surface area (Å²) in [5.74, 6) is 0. The van der Waals surface area contributed by atoms with Gasteiger partial charge in [0.05, 0.1) is 28.1 Å². The summed E-state index contributed by atoms with van der Waals surface area (Å²) in [6.45, 7) is 0. The molecular weight excluding hydrogens is 717 g/mol. The highest BCUT2D eigenvalue weighted by Crippen LogP contribution is 2.46. The Labute approximate surface area is 341 Å². The van der Waals surface area contributed by atoms with E-state index in [-0.39, 0.29) is 0 Å². The zero-order valence-corrected chi connectivity index (χ0v) is 32.1. The highest BCUT2D eigenvalue weighted by atomic mass is 16.3. The molecule has 2 heterocycles. The van der Waals surface area contributed by atoms with Crippen LogP contribution in [-0.2, 0) is 0 Å². The van der Waals surface area contributed by atoms with E-state index in [1.54, 1.807) is 0 Å². The molecule has 0 fully saturated rings. The zero-order valence-electron chi connectivity index (χ0n) is 32.1. The predicted molar refractivity (Wildman–Crippen MR) is 249 cm³/mol. The topological polar surface area (TPSA) is 21.3 Å². The Morgan fingerprint density at radius 1 is 0.322 bits per heavy atom. The van der Waals surface area contributed by atoms with Crippen LogP contribution in [0.15, 0.2) is 223 Å². The van der Waals surface area contributed by atoms with Gasteiger partial charge in [-0.15, -0.1) is 0 Å². The van der Waals surface area contributed by atoms with Gasteiger partial charge >= 0.3 is 0 Å². The number of nitrogens with zero attached hydrogens (tertiary/aromatic N) is 2. The van der Waals surface area contributed by atoms with Crippen LogP contribution < -0.4 is 4.90 Å². The average Bonchev–Trinajstić information content (AvgIpc) is 3.84. The van der Waals surface area contributed by atoms with E-state index in [4.69, 9.17) is 4.42 Å². The molecule has 0 saturated heterocycles. The van der Waals surface area contributed by atoms with Gasteiger partial charge in [0.25, 0.3) is 0 Å². The summed E-state index contributed by atoms with van der Waals surface area (Å²) in [7, 11) is 0. The molecule has 0 N–H and O–H groups in total. The van der Waals surface area contributed by atoms with E-state index in [0.717, 1.165) is 55.8 Å². The van der Waals surface area contributed by atoms with E-state index < -0.39 is 0 Å². The van der Waals surface area contributed by atoms with E-state index in [9.17, 15) is 0 Å². The largest absolute Gasteiger partial charge is 0.456 e. The maximum absolute atomic E-state index is 6.32. The van der Waals surface area contributed by atoms with Gasteiger partial charge in [0.15, 0.2) is 0 Å². The number of hydrogen-bond acceptors (Lipinski definition) is 2. The van der Waals surface area contributed by atoms with Gasteiger partial charge in [0, 0.05) is 49.6 Å². The first-order chi connectivity index (χ1) is 29.3. The van der Waals surface area contributed by atoms with Crippen molar-refractivity contribution in [3.63, 3.8) is 0 Å². The summed E-state index contributed by atoms with van der Waals surface area (Å²) in [5, 5.41) is 9.56. The third-order valence-electron chi connectivity index (χ3n) is 12.0. The van der Waals surface area contributed by atoms with Gasteiger partial charge in [-0.25, -0.2) is 0 Å². The lowest BCUT2D eigenvalue weighted by atomic mass is 9.96. The first-order valence-electron chi connectivity index (χ1n) is 20.2. The zero-order chi connectivity index (χ0) is 38.9. The number of benzene rings is 10. The van der Waals surface area contributed by atoms with Crippen LogP contribution in [0.4, 0.5) is 17.1 Å². The normalized spacial score (nSPS) is 11.7. The molecule has 0 aliphatic rings. The molecule has 0 aliphatic carbocycles. The lowest BCUT2D eigenvalue weighted by Gasteiger charge is -2.30. The number of rotatable bonds is 6. The van der Waals surface area contributed by atoms with Crippen LogP contribution in [0.2, 0.25) is 0 Å². The summed E-state index contributed by atoms with van der Waals surface area (Å²) < 4.78 is 8.68. The second-order valence-electron chi connectivity index (χ2n) is 15.3. The van der Waals surface area contributed by atoms with Crippen LogP contribution in [0.1, 0.15) is 0 Å². The molecule has 59 heavy (non-hydrogen) atoms. The average molecular weight is 753 g/mol. The van der Waals surface area contributed by atoms with Crippen molar-refractivity contribution < 1.29 is 4.42 Å². The Hall–Kier alpha value is -7.88. The van der Waals surface area contributed by atoms with E-state index in [1.165, 1.54) is 54.5 Å². The van der Waals surface area contributed by atoms with E-state index in [2.05, 4.69) is 216 Å². The molecular formula is C56H36N2O. The second kappa shape index (κ2) is 13.4. The fourth-order valence-corrected chi connectivity index (χ4v) is 9.24. The lowest BCUT2D eigenvalue weighted by Crippen LogP contribution is -2.12. The van der Waals surface area contributed by atoms with Gasteiger partial charge in [0.1, 0.15) is 11.2 Å². The summed E-state index contributed by atoms with van der Waals surface area (Å²) in [6, 6.07) is 78.8. The Balaban J connectivity index is 0.966. The predicted octanol–water partition coefficient (Wildman–Crippen LogP) is 15.8. The second-order valence-corrected chi connectivity index (χ2v) is 15.3. The van der Waals surface area contributed by atoms with Crippen molar-refractivity contribution in [2.75, 3.05) is 4.90 Å². The molecule has 0 bridgehead atoms. The molecule has 2 aromatic heterocycles. The number of aromatic nitrogens is 1. The molecule has 0 radical (unpaired) electrons. The van der Waals surface area contributed by atoms with Gasteiger partial charge in [-0.05, 0) is 82.1 Å². The maximum Gasteiger partial charge on any atom is 0.137 e. The minimum atomic E-state index is 0.894. The Kier molecular flexibility index (Phi) is 7.54. The van der Waals surface area contributed by atoms with Crippen molar-refractivity contribution in [1.29, 1.82) is 0 Å². The van der Waals surface area contributed by atoms with Crippen LogP contribution in [0.5, 0.6) is 0 Å². The molecule has 276 valence electrons. The number of para-hydroxylation sites is 3. The molecule has 0 saturated carbocycles. The molecule has 10 aromatic carbocycles. The SMILES string of the molecule is c1ccc(N(c2cccc3ccccc23)c2cccc3ccccc23)c(-c2ccc(-c3ccc4c(c3)c3ccccc3n4-c3ccc4c(c3)oc3ccccc34)cc2)c1. The maximum atomic E-state index is 6.32. The Morgan fingerprint density at radius 3 is 1.63 bits per heavy atom. The Bertz CT molecular complexity index is 3480. The fourth-order valence-electron chi connectivity index (χ4n) is 9.24. The van der Waals surface area contributed by atoms with Gasteiger partial charge in [-0.3, -0.25) is 0 Å². The third kappa shape index (κ3) is 5.36. The van der Waals surface area contributed by atoms with Crippen molar-refractivity contribution in [1.82, 2.24) is 4.57 Å². The summed E-state index contributed by atoms with van der Waals surface area (Å²) >= 11 is 0. The summed E-state index contributed by atoms with van der Waals surface area (Å²) in [4.78, 5) is 2.45. The smallest absolute Gasteiger partial charge is 0.137 e. The van der Waals surface area contributed by atoms with Gasteiger partial charge in [0.2, 0.25) is 0 Å². The van der Waals surface area contributed by atoms with Crippen molar-refractivity contribution in [2.45, 2.75) is 0 Å². The fraction of sp³-hybridized carbons (Fsp3) is 0. The van der Waals surface area contributed by atoms with Crippen LogP contribution in [0.25, 0.3) is 93.2 Å². The van der Waals surface area contributed by atoms with E-state index in [0.29, 0.717) is 0 Å². The molecule has 0 amide bonds. The van der Waals surface area contributed by atoms with Crippen LogP contribution >= 0.6 is 0 Å². The molecule has 0 unspecified atom stereocenters. The number of anilines is 3. The quantitative estimate of drug-likeness (QED) is 0.169. The van der Waals surface area contributed by atoms with Crippen molar-refractivity contribution in [2.24, 2.45) is 0 Å². The van der Waals surface area contributed by atoms with Crippen molar-refractivity contribution in [3.8, 4) is 27.9 Å². The first kappa shape index (κ1) is 33.3. The molecule has 3 heteroatoms. The number of hydrogen-bond donors (Lipinski definition) is 0. The molecule has 0 aliphatic heterocycles. The molecule has 0 spiro atoms. The number of fused-ring (bicyclic) bond motifs is 8. The van der Waals surface area contributed by atoms with E-state index in [1.807, 2.05) is 12.1 Å². The number of furan rings is 1. The lowest BCUT2D eigenvalue weighted by molar-refractivity contribution is 0.668. The Morgan fingerprint density at radius 2 is 0.864 bits per heavy atom. The van der Waals surface area contributed by atoms with Crippen LogP contribution in [-0.4, -0.2) is 4.57 Å². The van der Waals surface area contributed by atoms with Gasteiger partial charge in [-0.2, -0.15) is 0 Å². The standard InChI is InChI=1S/C56H36N2O/c1-3-17-43-38(13-1)15-11-24-51(43)58(52-25-12-16-39-14-2-4-18-44(39)52)50-22-8-5-19-45(50)40-29-27-37(28-30-40)41-31-34-54-49(35-41)46-20-6-9-23-53(46)57(54)42-32-33-48-47-21-7-10-26-55(47)59-56(48)36-42/h1-36H. The highest BCUT2D eigenvalue weighted by Gasteiger charge is 2.21. The van der Waals surface area contributed by atoms with Gasteiger partial charge in [-0.1, -0.05) is 158 Å². The minimum absolute atomic E-state index is 0.894. The molecule has 12 rings (SSSR count). The minimum Gasteiger partial charge on any atom is -0.456 e. The summed E-state index contributed by atoms with van der Waals surface area (Å²) in [5.41, 5.74) is 13.3. The first-order valence-corrected chi connectivity index (χ1v) is 20.2. The third-order valence-corrected chi connectivity index (χ3v) is 12.0.